The Morgan fingerprint density at radius 1 is 1.35 bits per heavy atom. The summed E-state index contributed by atoms with van der Waals surface area (Å²) in [4.78, 5) is 12.1. The Morgan fingerprint density at radius 3 is 2.71 bits per heavy atom. The topological polar surface area (TPSA) is 39.4 Å². The van der Waals surface area contributed by atoms with E-state index >= 15 is 0 Å². The summed E-state index contributed by atoms with van der Waals surface area (Å²) in [5.41, 5.74) is 0.377. The van der Waals surface area contributed by atoms with E-state index in [1.54, 1.807) is 30.3 Å². The SMILES string of the molecule is COc1ccc(Cl)cc1C(=O)c1ccc(Br)o1. The molecular weight excluding hydrogens is 307 g/mol. The molecule has 0 amide bonds. The number of carbonyl (C=O) groups is 1. The number of furan rings is 1. The van der Waals surface area contributed by atoms with Crippen LogP contribution in [0.15, 0.2) is 39.4 Å². The van der Waals surface area contributed by atoms with Crippen LogP contribution >= 0.6 is 27.5 Å². The zero-order valence-electron chi connectivity index (χ0n) is 8.87. The second-order valence-electron chi connectivity index (χ2n) is 3.28. The fraction of sp³-hybridized carbons (Fsp3) is 0.0833. The molecular formula is C12H8BrClO3. The monoisotopic (exact) mass is 314 g/mol. The maximum Gasteiger partial charge on any atom is 0.232 e. The van der Waals surface area contributed by atoms with Crippen molar-refractivity contribution in [3.63, 3.8) is 0 Å². The molecule has 0 spiro atoms. The predicted molar refractivity (Wildman–Crippen MR) is 67.8 cm³/mol. The molecule has 5 heteroatoms. The fourth-order valence-electron chi connectivity index (χ4n) is 1.43. The van der Waals surface area contributed by atoms with E-state index in [2.05, 4.69) is 15.9 Å². The van der Waals surface area contributed by atoms with Crippen LogP contribution in [0.5, 0.6) is 5.75 Å². The van der Waals surface area contributed by atoms with E-state index in [-0.39, 0.29) is 11.5 Å². The van der Waals surface area contributed by atoms with E-state index in [1.807, 2.05) is 0 Å². The van der Waals surface area contributed by atoms with E-state index in [0.29, 0.717) is 21.0 Å². The number of methoxy groups -OCH3 is 1. The molecule has 2 rings (SSSR count). The van der Waals surface area contributed by atoms with Crippen molar-refractivity contribution in [1.29, 1.82) is 0 Å². The van der Waals surface area contributed by atoms with Gasteiger partial charge < -0.3 is 9.15 Å². The van der Waals surface area contributed by atoms with Gasteiger partial charge in [-0.2, -0.15) is 0 Å². The first-order chi connectivity index (χ1) is 8.11. The Balaban J connectivity index is 2.46. The molecule has 0 bridgehead atoms. The Kier molecular flexibility index (Phi) is 3.54. The van der Waals surface area contributed by atoms with Gasteiger partial charge in [0.1, 0.15) is 5.75 Å². The molecule has 1 aromatic heterocycles. The van der Waals surface area contributed by atoms with E-state index < -0.39 is 0 Å². The van der Waals surface area contributed by atoms with E-state index in [0.717, 1.165) is 0 Å². The lowest BCUT2D eigenvalue weighted by atomic mass is 10.1. The Hall–Kier alpha value is -1.26. The number of hydrogen-bond donors (Lipinski definition) is 0. The quantitative estimate of drug-likeness (QED) is 0.806. The number of carbonyl (C=O) groups excluding carboxylic acids is 1. The summed E-state index contributed by atoms with van der Waals surface area (Å²) in [6, 6.07) is 8.11. The number of ketones is 1. The van der Waals surface area contributed by atoms with Crippen LogP contribution in [0.2, 0.25) is 5.02 Å². The molecule has 88 valence electrons. The first-order valence-corrected chi connectivity index (χ1v) is 5.92. The molecule has 1 heterocycles. The van der Waals surface area contributed by atoms with Crippen LogP contribution in [0.25, 0.3) is 0 Å². The number of ether oxygens (including phenoxy) is 1. The highest BCUT2D eigenvalue weighted by Crippen LogP contribution is 2.26. The number of rotatable bonds is 3. The van der Waals surface area contributed by atoms with Gasteiger partial charge in [-0.3, -0.25) is 4.79 Å². The van der Waals surface area contributed by atoms with Crippen LogP contribution in [0.4, 0.5) is 0 Å². The molecule has 3 nitrogen and oxygen atoms in total. The summed E-state index contributed by atoms with van der Waals surface area (Å²) < 4.78 is 10.8. The van der Waals surface area contributed by atoms with Gasteiger partial charge in [0.05, 0.1) is 12.7 Å². The summed E-state index contributed by atoms with van der Waals surface area (Å²) in [6.45, 7) is 0. The number of hydrogen-bond acceptors (Lipinski definition) is 3. The summed E-state index contributed by atoms with van der Waals surface area (Å²) in [7, 11) is 1.50. The van der Waals surface area contributed by atoms with Crippen LogP contribution in [0.3, 0.4) is 0 Å². The predicted octanol–water partition coefficient (Wildman–Crippen LogP) is 3.94. The first kappa shape index (κ1) is 12.2. The van der Waals surface area contributed by atoms with Gasteiger partial charge in [-0.1, -0.05) is 11.6 Å². The molecule has 2 aromatic rings. The Bertz CT molecular complexity index is 563. The smallest absolute Gasteiger partial charge is 0.232 e. The lowest BCUT2D eigenvalue weighted by molar-refractivity contribution is 0.100. The maximum absolute atomic E-state index is 12.1. The molecule has 0 fully saturated rings. The maximum atomic E-state index is 12.1. The van der Waals surface area contributed by atoms with Gasteiger partial charge in [0, 0.05) is 5.02 Å². The van der Waals surface area contributed by atoms with Crippen molar-refractivity contribution in [2.75, 3.05) is 7.11 Å². The minimum absolute atomic E-state index is 0.234. The third-order valence-electron chi connectivity index (χ3n) is 2.20. The Morgan fingerprint density at radius 2 is 2.12 bits per heavy atom. The molecule has 1 aromatic carbocycles. The summed E-state index contributed by atoms with van der Waals surface area (Å²) in [6.07, 6.45) is 0. The zero-order valence-corrected chi connectivity index (χ0v) is 11.2. The molecule has 0 atom stereocenters. The van der Waals surface area contributed by atoms with Crippen molar-refractivity contribution < 1.29 is 13.9 Å². The van der Waals surface area contributed by atoms with Crippen molar-refractivity contribution in [2.45, 2.75) is 0 Å². The molecule has 0 saturated heterocycles. The second-order valence-corrected chi connectivity index (χ2v) is 4.50. The normalized spacial score (nSPS) is 10.3. The van der Waals surface area contributed by atoms with Gasteiger partial charge in [0.25, 0.3) is 0 Å². The number of benzene rings is 1. The van der Waals surface area contributed by atoms with E-state index in [4.69, 9.17) is 20.8 Å². The first-order valence-electron chi connectivity index (χ1n) is 4.75. The summed E-state index contributed by atoms with van der Waals surface area (Å²) in [5, 5.41) is 0.472. The lowest BCUT2D eigenvalue weighted by Crippen LogP contribution is -2.02. The molecule has 0 aliphatic heterocycles. The minimum atomic E-state index is -0.268. The van der Waals surface area contributed by atoms with Gasteiger partial charge in [-0.25, -0.2) is 0 Å². The highest BCUT2D eigenvalue weighted by atomic mass is 79.9. The third kappa shape index (κ3) is 2.53. The average molecular weight is 316 g/mol. The van der Waals surface area contributed by atoms with Crippen molar-refractivity contribution in [2.24, 2.45) is 0 Å². The summed E-state index contributed by atoms with van der Waals surface area (Å²) >= 11 is 9.01. The fourth-order valence-corrected chi connectivity index (χ4v) is 1.91. The van der Waals surface area contributed by atoms with Crippen LogP contribution in [-0.2, 0) is 0 Å². The van der Waals surface area contributed by atoms with Crippen LogP contribution in [0, 0.1) is 0 Å². The van der Waals surface area contributed by atoms with Crippen LogP contribution in [-0.4, -0.2) is 12.9 Å². The van der Waals surface area contributed by atoms with Gasteiger partial charge in [0.15, 0.2) is 10.4 Å². The van der Waals surface area contributed by atoms with Gasteiger partial charge in [-0.05, 0) is 46.3 Å². The number of halogens is 2. The minimum Gasteiger partial charge on any atom is -0.496 e. The second kappa shape index (κ2) is 4.94. The van der Waals surface area contributed by atoms with Crippen LogP contribution in [0.1, 0.15) is 16.1 Å². The standard InChI is InChI=1S/C12H8BrClO3/c1-16-9-3-2-7(14)6-8(9)12(15)10-4-5-11(13)17-10/h2-6H,1H3. The van der Waals surface area contributed by atoms with Gasteiger partial charge in [-0.15, -0.1) is 0 Å². The highest BCUT2D eigenvalue weighted by molar-refractivity contribution is 9.10. The summed E-state index contributed by atoms with van der Waals surface area (Å²) in [5.74, 6) is 0.430. The molecule has 0 aliphatic rings. The molecule has 0 aliphatic carbocycles. The lowest BCUT2D eigenvalue weighted by Gasteiger charge is -2.06. The highest BCUT2D eigenvalue weighted by Gasteiger charge is 2.18. The third-order valence-corrected chi connectivity index (χ3v) is 2.86. The van der Waals surface area contributed by atoms with E-state index in [1.165, 1.54) is 7.11 Å². The molecule has 0 radical (unpaired) electrons. The Labute approximate surface area is 111 Å². The van der Waals surface area contributed by atoms with Crippen molar-refractivity contribution in [1.82, 2.24) is 0 Å². The molecule has 0 N–H and O–H groups in total. The van der Waals surface area contributed by atoms with Gasteiger partial charge in [0.2, 0.25) is 5.78 Å². The van der Waals surface area contributed by atoms with Crippen molar-refractivity contribution in [3.8, 4) is 5.75 Å². The van der Waals surface area contributed by atoms with E-state index in [9.17, 15) is 4.79 Å². The zero-order chi connectivity index (χ0) is 12.4. The van der Waals surface area contributed by atoms with Crippen molar-refractivity contribution in [3.05, 3.63) is 51.3 Å². The van der Waals surface area contributed by atoms with Crippen LogP contribution < -0.4 is 4.74 Å². The largest absolute Gasteiger partial charge is 0.496 e. The van der Waals surface area contributed by atoms with Gasteiger partial charge >= 0.3 is 0 Å². The average Bonchev–Trinajstić information content (AvgIpc) is 2.75. The molecule has 0 saturated carbocycles. The molecule has 0 unspecified atom stereocenters. The van der Waals surface area contributed by atoms with Crippen molar-refractivity contribution >= 4 is 33.3 Å². The molecule has 17 heavy (non-hydrogen) atoms.